The molecule has 1 fully saturated rings. The summed E-state index contributed by atoms with van der Waals surface area (Å²) in [5.74, 6) is -0.833. The van der Waals surface area contributed by atoms with E-state index in [1.54, 1.807) is 31.4 Å². The number of rotatable bonds is 6. The average molecular weight is 423 g/mol. The number of aliphatic carboxylic acids is 1. The monoisotopic (exact) mass is 423 g/mol. The molecule has 31 heavy (non-hydrogen) atoms. The van der Waals surface area contributed by atoms with E-state index in [9.17, 15) is 19.5 Å². The Morgan fingerprint density at radius 2 is 1.97 bits per heavy atom. The highest BCUT2D eigenvalue weighted by atomic mass is 16.5. The van der Waals surface area contributed by atoms with Crippen LogP contribution in [0.15, 0.2) is 58.1 Å². The third-order valence-corrected chi connectivity index (χ3v) is 6.07. The second-order valence-electron chi connectivity index (χ2n) is 7.85. The maximum absolute atomic E-state index is 12.7. The number of carboxylic acids is 1. The Balaban J connectivity index is 1.50. The zero-order chi connectivity index (χ0) is 22.0. The van der Waals surface area contributed by atoms with Gasteiger partial charge in [0.15, 0.2) is 0 Å². The van der Waals surface area contributed by atoms with Gasteiger partial charge in [-0.2, -0.15) is 0 Å². The Kier molecular flexibility index (Phi) is 5.90. The van der Waals surface area contributed by atoms with Crippen molar-refractivity contribution in [2.75, 3.05) is 26.7 Å². The summed E-state index contributed by atoms with van der Waals surface area (Å²) < 4.78 is 6.47. The van der Waals surface area contributed by atoms with Gasteiger partial charge in [0.1, 0.15) is 5.75 Å². The second kappa shape index (κ2) is 8.77. The Bertz CT molecular complexity index is 1220. The fourth-order valence-electron chi connectivity index (χ4n) is 4.39. The smallest absolute Gasteiger partial charge is 0.328 e. The number of aromatic amines is 1. The van der Waals surface area contributed by atoms with Gasteiger partial charge in [0.2, 0.25) is 0 Å². The number of methoxy groups -OCH3 is 1. The normalized spacial score (nSPS) is 19.4. The first-order valence-electron chi connectivity index (χ1n) is 10.3. The molecule has 0 spiro atoms. The van der Waals surface area contributed by atoms with Gasteiger partial charge >= 0.3 is 11.7 Å². The molecular formula is C23H25N3O5. The first-order chi connectivity index (χ1) is 15.0. The van der Waals surface area contributed by atoms with Gasteiger partial charge in [-0.3, -0.25) is 14.2 Å². The highest BCUT2D eigenvalue weighted by Gasteiger charge is 2.35. The fraction of sp³-hybridized carbons (Fsp3) is 0.348. The summed E-state index contributed by atoms with van der Waals surface area (Å²) in [5.41, 5.74) is 0.678. The van der Waals surface area contributed by atoms with Crippen molar-refractivity contribution in [2.45, 2.75) is 18.9 Å². The molecule has 0 saturated carbocycles. The standard InChI is InChI=1S/C23H25N3O5/c1-31-16-6-4-5-15(13-16)17-9-10-25(14-19(17)22(28)29)11-12-26-21(27)18-7-2-3-8-20(18)24-23(26)30/h2-8,13,17,19H,9-12,14H2,1H3,(H,24,30)(H,28,29). The van der Waals surface area contributed by atoms with Crippen LogP contribution in [-0.4, -0.2) is 52.3 Å². The number of hydrogen-bond donors (Lipinski definition) is 2. The van der Waals surface area contributed by atoms with Crippen molar-refractivity contribution in [3.05, 3.63) is 74.9 Å². The maximum atomic E-state index is 12.7. The number of nitrogens with zero attached hydrogens (tertiary/aromatic N) is 2. The molecule has 162 valence electrons. The zero-order valence-electron chi connectivity index (χ0n) is 17.3. The largest absolute Gasteiger partial charge is 0.497 e. The Morgan fingerprint density at radius 1 is 1.16 bits per heavy atom. The number of ether oxygens (including phenoxy) is 1. The van der Waals surface area contributed by atoms with E-state index >= 15 is 0 Å². The van der Waals surface area contributed by atoms with Crippen LogP contribution in [0.4, 0.5) is 0 Å². The fourth-order valence-corrected chi connectivity index (χ4v) is 4.39. The van der Waals surface area contributed by atoms with Gasteiger partial charge < -0.3 is 19.7 Å². The van der Waals surface area contributed by atoms with E-state index in [4.69, 9.17) is 4.74 Å². The number of nitrogens with one attached hydrogen (secondary N) is 1. The topological polar surface area (TPSA) is 105 Å². The summed E-state index contributed by atoms with van der Waals surface area (Å²) in [5, 5.41) is 10.3. The van der Waals surface area contributed by atoms with Crippen molar-refractivity contribution in [2.24, 2.45) is 5.92 Å². The molecule has 3 aromatic rings. The van der Waals surface area contributed by atoms with E-state index in [0.717, 1.165) is 5.56 Å². The molecule has 0 radical (unpaired) electrons. The predicted molar refractivity (Wildman–Crippen MR) is 117 cm³/mol. The van der Waals surface area contributed by atoms with Crippen molar-refractivity contribution < 1.29 is 14.6 Å². The minimum absolute atomic E-state index is 0.115. The maximum Gasteiger partial charge on any atom is 0.328 e. The Labute approximate surface area is 178 Å². The number of piperidine rings is 1. The molecule has 2 aromatic carbocycles. The second-order valence-corrected chi connectivity index (χ2v) is 7.85. The third-order valence-electron chi connectivity index (χ3n) is 6.07. The van der Waals surface area contributed by atoms with Crippen LogP contribution < -0.4 is 16.0 Å². The van der Waals surface area contributed by atoms with Crippen LogP contribution >= 0.6 is 0 Å². The van der Waals surface area contributed by atoms with Gasteiger partial charge in [0, 0.05) is 19.6 Å². The molecule has 8 nitrogen and oxygen atoms in total. The summed E-state index contributed by atoms with van der Waals surface area (Å²) >= 11 is 0. The van der Waals surface area contributed by atoms with E-state index in [1.807, 2.05) is 29.2 Å². The SMILES string of the molecule is COc1cccc(C2CCN(CCn3c(=O)[nH]c4ccccc4c3=O)CC2C(=O)O)c1. The quantitative estimate of drug-likeness (QED) is 0.627. The van der Waals surface area contributed by atoms with E-state index in [2.05, 4.69) is 4.98 Å². The minimum atomic E-state index is -0.849. The van der Waals surface area contributed by atoms with Crippen LogP contribution in [-0.2, 0) is 11.3 Å². The molecule has 0 bridgehead atoms. The van der Waals surface area contributed by atoms with Crippen LogP contribution in [0.25, 0.3) is 10.9 Å². The van der Waals surface area contributed by atoms with Crippen molar-refractivity contribution in [3.8, 4) is 5.75 Å². The van der Waals surface area contributed by atoms with E-state index in [0.29, 0.717) is 42.7 Å². The average Bonchev–Trinajstić information content (AvgIpc) is 2.78. The molecule has 0 amide bonds. The summed E-state index contributed by atoms with van der Waals surface area (Å²) in [6.07, 6.45) is 0.674. The lowest BCUT2D eigenvalue weighted by Gasteiger charge is -2.36. The van der Waals surface area contributed by atoms with Gasteiger partial charge in [-0.1, -0.05) is 24.3 Å². The summed E-state index contributed by atoms with van der Waals surface area (Å²) in [7, 11) is 1.59. The van der Waals surface area contributed by atoms with Crippen molar-refractivity contribution in [3.63, 3.8) is 0 Å². The van der Waals surface area contributed by atoms with Gasteiger partial charge in [-0.05, 0) is 48.7 Å². The van der Waals surface area contributed by atoms with Gasteiger partial charge in [0.25, 0.3) is 5.56 Å². The van der Waals surface area contributed by atoms with Gasteiger partial charge in [-0.15, -0.1) is 0 Å². The van der Waals surface area contributed by atoms with Crippen LogP contribution in [0, 0.1) is 5.92 Å². The van der Waals surface area contributed by atoms with Crippen LogP contribution in [0.5, 0.6) is 5.75 Å². The van der Waals surface area contributed by atoms with E-state index < -0.39 is 17.6 Å². The highest BCUT2D eigenvalue weighted by Crippen LogP contribution is 2.34. The molecule has 1 saturated heterocycles. The summed E-state index contributed by atoms with van der Waals surface area (Å²) in [4.78, 5) is 41.8. The molecule has 2 atom stereocenters. The molecule has 1 aliphatic heterocycles. The van der Waals surface area contributed by atoms with Gasteiger partial charge in [0.05, 0.1) is 23.9 Å². The van der Waals surface area contributed by atoms with Crippen molar-refractivity contribution >= 4 is 16.9 Å². The highest BCUT2D eigenvalue weighted by molar-refractivity contribution is 5.76. The molecule has 2 heterocycles. The van der Waals surface area contributed by atoms with Crippen LogP contribution in [0.1, 0.15) is 17.9 Å². The molecule has 1 aromatic heterocycles. The first kappa shape index (κ1) is 20.9. The van der Waals surface area contributed by atoms with Crippen molar-refractivity contribution in [1.29, 1.82) is 0 Å². The van der Waals surface area contributed by atoms with Crippen molar-refractivity contribution in [1.82, 2.24) is 14.5 Å². The lowest BCUT2D eigenvalue weighted by atomic mass is 9.80. The number of hydrogen-bond acceptors (Lipinski definition) is 5. The number of H-pyrrole nitrogens is 1. The lowest BCUT2D eigenvalue weighted by molar-refractivity contribution is -0.144. The number of fused-ring (bicyclic) bond motifs is 1. The molecule has 8 heteroatoms. The number of carbonyl (C=O) groups is 1. The Hall–Kier alpha value is -3.39. The number of carboxylic acid groups (broad SMARTS) is 1. The first-order valence-corrected chi connectivity index (χ1v) is 10.3. The minimum Gasteiger partial charge on any atom is -0.497 e. The third kappa shape index (κ3) is 4.25. The summed E-state index contributed by atoms with van der Waals surface area (Å²) in [6, 6.07) is 14.4. The molecule has 4 rings (SSSR count). The number of para-hydroxylation sites is 1. The predicted octanol–water partition coefficient (Wildman–Crippen LogP) is 1.89. The Morgan fingerprint density at radius 3 is 2.74 bits per heavy atom. The molecule has 2 unspecified atom stereocenters. The lowest BCUT2D eigenvalue weighted by Crippen LogP contribution is -2.46. The van der Waals surface area contributed by atoms with E-state index in [1.165, 1.54) is 4.57 Å². The van der Waals surface area contributed by atoms with Crippen LogP contribution in [0.2, 0.25) is 0 Å². The molecule has 2 N–H and O–H groups in total. The molecular weight excluding hydrogens is 398 g/mol. The summed E-state index contributed by atoms with van der Waals surface area (Å²) in [6.45, 7) is 1.68. The zero-order valence-corrected chi connectivity index (χ0v) is 17.3. The molecule has 1 aliphatic rings. The molecule has 0 aliphatic carbocycles. The number of likely N-dealkylation sites (tertiary alicyclic amines) is 1. The number of aromatic nitrogens is 2. The number of benzene rings is 2. The van der Waals surface area contributed by atoms with E-state index in [-0.39, 0.29) is 18.0 Å². The van der Waals surface area contributed by atoms with Crippen LogP contribution in [0.3, 0.4) is 0 Å². The van der Waals surface area contributed by atoms with Gasteiger partial charge in [-0.25, -0.2) is 4.79 Å².